The molecule has 1 amide bonds. The van der Waals surface area contributed by atoms with Crippen molar-refractivity contribution in [2.24, 2.45) is 11.8 Å². The number of benzene rings is 1. The Kier molecular flexibility index (Phi) is 5.16. The number of halogens is 1. The zero-order chi connectivity index (χ0) is 15.6. The quantitative estimate of drug-likeness (QED) is 0.899. The monoisotopic (exact) mass is 347 g/mol. The van der Waals surface area contributed by atoms with Crippen LogP contribution in [0.2, 0.25) is 0 Å². The number of hydrogen-bond donors (Lipinski definition) is 1. The number of nitrogens with zero attached hydrogens (tertiary/aromatic N) is 4. The van der Waals surface area contributed by atoms with Crippen LogP contribution in [0.1, 0.15) is 23.2 Å². The predicted molar refractivity (Wildman–Crippen MR) is 93.6 cm³/mol. The predicted octanol–water partition coefficient (Wildman–Crippen LogP) is 1.76. The van der Waals surface area contributed by atoms with Crippen LogP contribution in [-0.2, 0) is 0 Å². The molecule has 1 N–H and O–H groups in total. The second kappa shape index (κ2) is 7.32. The van der Waals surface area contributed by atoms with Crippen molar-refractivity contribution >= 4 is 18.3 Å². The van der Waals surface area contributed by atoms with Gasteiger partial charge in [0.15, 0.2) is 0 Å². The van der Waals surface area contributed by atoms with E-state index >= 15 is 0 Å². The summed E-state index contributed by atoms with van der Waals surface area (Å²) in [6.45, 7) is 3.96. The lowest BCUT2D eigenvalue weighted by Gasteiger charge is -2.21. The fourth-order valence-corrected chi connectivity index (χ4v) is 3.70. The molecular weight excluding hydrogens is 326 g/mol. The Hall–Kier alpha value is -1.92. The number of carbonyl (C=O) groups is 1. The highest BCUT2D eigenvalue weighted by molar-refractivity contribution is 5.94. The second-order valence-electron chi connectivity index (χ2n) is 6.43. The molecule has 2 atom stereocenters. The average Bonchev–Trinajstić information content (AvgIpc) is 3.24. The fourth-order valence-electron chi connectivity index (χ4n) is 3.70. The van der Waals surface area contributed by atoms with Crippen LogP contribution < -0.4 is 5.32 Å². The van der Waals surface area contributed by atoms with Gasteiger partial charge in [-0.15, -0.1) is 12.4 Å². The molecule has 0 unspecified atom stereocenters. The second-order valence-corrected chi connectivity index (χ2v) is 6.43. The Labute approximate surface area is 147 Å². The van der Waals surface area contributed by atoms with Gasteiger partial charge in [0.1, 0.15) is 12.7 Å². The largest absolute Gasteiger partial charge is 0.339 e. The molecule has 1 aromatic carbocycles. The van der Waals surface area contributed by atoms with Crippen molar-refractivity contribution in [2.75, 3.05) is 26.2 Å². The zero-order valence-electron chi connectivity index (χ0n) is 13.5. The number of fused-ring (bicyclic) bond motifs is 1. The fraction of sp³-hybridized carbons (Fsp3) is 0.471. The maximum atomic E-state index is 12.7. The van der Waals surface area contributed by atoms with Crippen LogP contribution in [0.5, 0.6) is 0 Å². The third-order valence-corrected chi connectivity index (χ3v) is 5.10. The molecule has 2 aromatic rings. The van der Waals surface area contributed by atoms with Crippen LogP contribution in [0.15, 0.2) is 36.9 Å². The number of aromatic nitrogens is 3. The molecule has 24 heavy (non-hydrogen) atoms. The minimum atomic E-state index is 0. The summed E-state index contributed by atoms with van der Waals surface area (Å²) in [7, 11) is 0. The standard InChI is InChI=1S/C17H21N5O.ClH/c23-17(21-7-5-14-9-18-10-15(14)6-8-21)13-1-3-16(4-2-13)22-12-19-11-20-22;/h1-4,11-12,14-15,18H,5-10H2;1H/t14-,15+;. The molecule has 7 heteroatoms. The molecule has 0 spiro atoms. The van der Waals surface area contributed by atoms with Gasteiger partial charge in [0, 0.05) is 18.7 Å². The van der Waals surface area contributed by atoms with E-state index in [1.165, 1.54) is 6.33 Å². The van der Waals surface area contributed by atoms with Crippen LogP contribution in [0.25, 0.3) is 5.69 Å². The molecule has 0 radical (unpaired) electrons. The van der Waals surface area contributed by atoms with Crippen molar-refractivity contribution in [3.05, 3.63) is 42.5 Å². The van der Waals surface area contributed by atoms with Crippen molar-refractivity contribution in [1.29, 1.82) is 0 Å². The Morgan fingerprint density at radius 2 is 1.75 bits per heavy atom. The molecule has 3 heterocycles. The molecule has 0 saturated carbocycles. The number of amides is 1. The van der Waals surface area contributed by atoms with Gasteiger partial charge in [0.05, 0.1) is 5.69 Å². The Morgan fingerprint density at radius 1 is 1.08 bits per heavy atom. The van der Waals surface area contributed by atoms with E-state index in [-0.39, 0.29) is 18.3 Å². The topological polar surface area (TPSA) is 63.1 Å². The first-order valence-corrected chi connectivity index (χ1v) is 8.26. The minimum Gasteiger partial charge on any atom is -0.339 e. The summed E-state index contributed by atoms with van der Waals surface area (Å²) in [6.07, 6.45) is 5.38. The summed E-state index contributed by atoms with van der Waals surface area (Å²) < 4.78 is 1.69. The maximum absolute atomic E-state index is 12.7. The molecule has 0 bridgehead atoms. The van der Waals surface area contributed by atoms with Gasteiger partial charge in [-0.1, -0.05) is 0 Å². The summed E-state index contributed by atoms with van der Waals surface area (Å²) >= 11 is 0. The van der Waals surface area contributed by atoms with E-state index in [1.54, 1.807) is 11.0 Å². The Bertz CT molecular complexity index is 659. The number of rotatable bonds is 2. The normalized spacial score (nSPS) is 23.2. The van der Waals surface area contributed by atoms with Crippen LogP contribution in [0.3, 0.4) is 0 Å². The molecule has 1 aromatic heterocycles. The lowest BCUT2D eigenvalue weighted by molar-refractivity contribution is 0.0758. The SMILES string of the molecule is Cl.O=C(c1ccc(-n2cncn2)cc1)N1CC[C@@H]2CNC[C@@H]2CC1. The van der Waals surface area contributed by atoms with Gasteiger partial charge < -0.3 is 10.2 Å². The molecular formula is C17H22ClN5O. The van der Waals surface area contributed by atoms with Crippen LogP contribution in [0, 0.1) is 11.8 Å². The first-order chi connectivity index (χ1) is 11.3. The first kappa shape index (κ1) is 16.9. The van der Waals surface area contributed by atoms with Gasteiger partial charge in [0.2, 0.25) is 0 Å². The van der Waals surface area contributed by atoms with E-state index in [0.29, 0.717) is 0 Å². The van der Waals surface area contributed by atoms with Crippen molar-refractivity contribution in [3.8, 4) is 5.69 Å². The highest BCUT2D eigenvalue weighted by atomic mass is 35.5. The summed E-state index contributed by atoms with van der Waals surface area (Å²) in [5.41, 5.74) is 1.66. The molecule has 2 fully saturated rings. The van der Waals surface area contributed by atoms with E-state index < -0.39 is 0 Å². The van der Waals surface area contributed by atoms with E-state index in [4.69, 9.17) is 0 Å². The van der Waals surface area contributed by atoms with Crippen LogP contribution in [-0.4, -0.2) is 51.8 Å². The van der Waals surface area contributed by atoms with E-state index in [1.807, 2.05) is 29.2 Å². The average molecular weight is 348 g/mol. The van der Waals surface area contributed by atoms with Crippen molar-refractivity contribution in [2.45, 2.75) is 12.8 Å². The highest BCUT2D eigenvalue weighted by Crippen LogP contribution is 2.27. The lowest BCUT2D eigenvalue weighted by atomic mass is 9.92. The molecule has 2 aliphatic rings. The molecule has 6 nitrogen and oxygen atoms in total. The van der Waals surface area contributed by atoms with Crippen molar-refractivity contribution in [1.82, 2.24) is 25.0 Å². The first-order valence-electron chi connectivity index (χ1n) is 8.26. The maximum Gasteiger partial charge on any atom is 0.253 e. The van der Waals surface area contributed by atoms with Gasteiger partial charge >= 0.3 is 0 Å². The zero-order valence-corrected chi connectivity index (χ0v) is 14.3. The van der Waals surface area contributed by atoms with E-state index in [0.717, 1.165) is 62.1 Å². The van der Waals surface area contributed by atoms with Crippen LogP contribution >= 0.6 is 12.4 Å². The third kappa shape index (κ3) is 3.30. The molecule has 128 valence electrons. The molecule has 2 aliphatic heterocycles. The third-order valence-electron chi connectivity index (χ3n) is 5.10. The number of carbonyl (C=O) groups excluding carboxylic acids is 1. The number of nitrogens with one attached hydrogen (secondary N) is 1. The minimum absolute atomic E-state index is 0. The summed E-state index contributed by atoms with van der Waals surface area (Å²) in [5, 5.41) is 7.57. The van der Waals surface area contributed by atoms with Gasteiger partial charge in [-0.05, 0) is 62.0 Å². The van der Waals surface area contributed by atoms with E-state index in [9.17, 15) is 4.79 Å². The van der Waals surface area contributed by atoms with Crippen molar-refractivity contribution < 1.29 is 4.79 Å². The summed E-state index contributed by atoms with van der Waals surface area (Å²) in [4.78, 5) is 18.7. The smallest absolute Gasteiger partial charge is 0.253 e. The van der Waals surface area contributed by atoms with Gasteiger partial charge in [-0.3, -0.25) is 4.79 Å². The highest BCUT2D eigenvalue weighted by Gasteiger charge is 2.31. The summed E-state index contributed by atoms with van der Waals surface area (Å²) in [6, 6.07) is 7.59. The van der Waals surface area contributed by atoms with Gasteiger partial charge in [0.25, 0.3) is 5.91 Å². The molecule has 0 aliphatic carbocycles. The molecule has 2 saturated heterocycles. The van der Waals surface area contributed by atoms with Gasteiger partial charge in [-0.25, -0.2) is 9.67 Å². The van der Waals surface area contributed by atoms with Gasteiger partial charge in [-0.2, -0.15) is 5.10 Å². The van der Waals surface area contributed by atoms with Crippen molar-refractivity contribution in [3.63, 3.8) is 0 Å². The summed E-state index contributed by atoms with van der Waals surface area (Å²) in [5.74, 6) is 1.62. The van der Waals surface area contributed by atoms with E-state index in [2.05, 4.69) is 15.4 Å². The lowest BCUT2D eigenvalue weighted by Crippen LogP contribution is -2.32. The Morgan fingerprint density at radius 3 is 2.33 bits per heavy atom. The number of hydrogen-bond acceptors (Lipinski definition) is 4. The van der Waals surface area contributed by atoms with Crippen LogP contribution in [0.4, 0.5) is 0 Å². The molecule has 4 rings (SSSR count). The number of likely N-dealkylation sites (tertiary alicyclic amines) is 1. The Balaban J connectivity index is 0.00000169.